The molecule has 0 atom stereocenters. The van der Waals surface area contributed by atoms with Crippen LogP contribution in [0.3, 0.4) is 0 Å². The molecule has 4 nitrogen and oxygen atoms in total. The van der Waals surface area contributed by atoms with Crippen LogP contribution in [0, 0.1) is 0 Å². The number of amidine groups is 1. The van der Waals surface area contributed by atoms with E-state index in [2.05, 4.69) is 17.2 Å². The summed E-state index contributed by atoms with van der Waals surface area (Å²) in [5, 5.41) is 2.37. The summed E-state index contributed by atoms with van der Waals surface area (Å²) in [6, 6.07) is 7.95. The van der Waals surface area contributed by atoms with E-state index in [1.807, 2.05) is 24.3 Å². The van der Waals surface area contributed by atoms with Crippen molar-refractivity contribution in [2.45, 2.75) is 19.8 Å². The van der Waals surface area contributed by atoms with Crippen LogP contribution >= 0.6 is 0 Å². The molecule has 17 heavy (non-hydrogen) atoms. The van der Waals surface area contributed by atoms with Crippen LogP contribution in [0.2, 0.25) is 0 Å². The summed E-state index contributed by atoms with van der Waals surface area (Å²) in [5.41, 5.74) is 7.75. The lowest BCUT2D eigenvalue weighted by atomic mass is 10.1. The van der Waals surface area contributed by atoms with Crippen molar-refractivity contribution in [2.75, 3.05) is 0 Å². The molecule has 90 valence electrons. The summed E-state index contributed by atoms with van der Waals surface area (Å²) in [5.74, 6) is 0.350. The lowest BCUT2D eigenvalue weighted by Crippen LogP contribution is -2.09. The minimum Gasteiger partial charge on any atom is -0.384 e. The van der Waals surface area contributed by atoms with Crippen LogP contribution in [0.4, 0.5) is 5.69 Å². The molecule has 1 aromatic carbocycles. The van der Waals surface area contributed by atoms with Crippen LogP contribution in [0.25, 0.3) is 0 Å². The first-order valence-corrected chi connectivity index (χ1v) is 5.55. The average Bonchev–Trinajstić information content (AvgIpc) is 2.32. The zero-order valence-corrected chi connectivity index (χ0v) is 9.89. The van der Waals surface area contributed by atoms with Crippen LogP contribution in [0.15, 0.2) is 41.5 Å². The number of hydrogen-bond acceptors (Lipinski definition) is 2. The normalized spacial score (nSPS) is 11.7. The van der Waals surface area contributed by atoms with Gasteiger partial charge in [-0.1, -0.05) is 25.5 Å². The lowest BCUT2D eigenvalue weighted by molar-refractivity contribution is -0.108. The molecule has 0 radical (unpaired) electrons. The summed E-state index contributed by atoms with van der Waals surface area (Å²) >= 11 is 0. The van der Waals surface area contributed by atoms with E-state index in [-0.39, 0.29) is 0 Å². The number of benzene rings is 1. The van der Waals surface area contributed by atoms with Crippen molar-refractivity contribution >= 4 is 17.9 Å². The average molecular weight is 231 g/mol. The van der Waals surface area contributed by atoms with E-state index in [9.17, 15) is 4.79 Å². The number of nitrogens with one attached hydrogen (secondary N) is 1. The molecule has 0 unspecified atom stereocenters. The summed E-state index contributed by atoms with van der Waals surface area (Å²) in [7, 11) is 0. The van der Waals surface area contributed by atoms with Gasteiger partial charge in [-0.25, -0.2) is 4.99 Å². The third-order valence-electron chi connectivity index (χ3n) is 2.15. The highest BCUT2D eigenvalue weighted by Gasteiger charge is 1.93. The third kappa shape index (κ3) is 4.97. The van der Waals surface area contributed by atoms with Gasteiger partial charge in [-0.2, -0.15) is 0 Å². The van der Waals surface area contributed by atoms with Gasteiger partial charge in [0.1, 0.15) is 5.84 Å². The van der Waals surface area contributed by atoms with E-state index in [0.29, 0.717) is 12.2 Å². The minimum absolute atomic E-state index is 0.350. The van der Waals surface area contributed by atoms with Crippen molar-refractivity contribution < 1.29 is 4.79 Å². The number of rotatable bonds is 6. The van der Waals surface area contributed by atoms with Gasteiger partial charge < -0.3 is 11.1 Å². The molecule has 0 spiro atoms. The van der Waals surface area contributed by atoms with Gasteiger partial charge in [-0.3, -0.25) is 4.79 Å². The van der Waals surface area contributed by atoms with Crippen molar-refractivity contribution in [1.29, 1.82) is 0 Å². The maximum atomic E-state index is 10.0. The Kier molecular flexibility index (Phi) is 5.51. The number of carbonyl (C=O) groups is 1. The smallest absolute Gasteiger partial charge is 0.211 e. The van der Waals surface area contributed by atoms with Gasteiger partial charge in [0.15, 0.2) is 0 Å². The highest BCUT2D eigenvalue weighted by molar-refractivity contribution is 5.93. The van der Waals surface area contributed by atoms with Crippen molar-refractivity contribution in [3.8, 4) is 0 Å². The molecule has 0 saturated heterocycles. The zero-order chi connectivity index (χ0) is 12.5. The summed E-state index contributed by atoms with van der Waals surface area (Å²) in [4.78, 5) is 14.2. The summed E-state index contributed by atoms with van der Waals surface area (Å²) in [6.07, 6.45) is 5.75. The number of hydrogen-bond donors (Lipinski definition) is 2. The second kappa shape index (κ2) is 7.22. The zero-order valence-electron chi connectivity index (χ0n) is 9.89. The molecule has 1 rings (SSSR count). The molecule has 0 fully saturated rings. The predicted octanol–water partition coefficient (Wildman–Crippen LogP) is 1.89. The van der Waals surface area contributed by atoms with Gasteiger partial charge in [0.25, 0.3) is 0 Å². The lowest BCUT2D eigenvalue weighted by Gasteiger charge is -1.99. The Hall–Kier alpha value is -2.10. The van der Waals surface area contributed by atoms with Crippen LogP contribution in [0.1, 0.15) is 18.9 Å². The fraction of sp³-hybridized carbons (Fsp3) is 0.231. The van der Waals surface area contributed by atoms with Crippen molar-refractivity contribution in [2.24, 2.45) is 10.7 Å². The molecule has 0 aliphatic heterocycles. The predicted molar refractivity (Wildman–Crippen MR) is 70.1 cm³/mol. The minimum atomic E-state index is 0.350. The topological polar surface area (TPSA) is 67.5 Å². The Morgan fingerprint density at radius 3 is 2.71 bits per heavy atom. The maximum absolute atomic E-state index is 10.0. The Morgan fingerprint density at radius 1 is 1.41 bits per heavy atom. The Bertz CT molecular complexity index is 407. The quantitative estimate of drug-likeness (QED) is 0.446. The molecule has 0 aliphatic rings. The first-order valence-electron chi connectivity index (χ1n) is 5.55. The Balaban J connectivity index is 2.66. The second-order valence-corrected chi connectivity index (χ2v) is 3.57. The molecule has 0 heterocycles. The third-order valence-corrected chi connectivity index (χ3v) is 2.15. The fourth-order valence-electron chi connectivity index (χ4n) is 1.38. The van der Waals surface area contributed by atoms with E-state index in [4.69, 9.17) is 5.73 Å². The van der Waals surface area contributed by atoms with Gasteiger partial charge >= 0.3 is 0 Å². The van der Waals surface area contributed by atoms with Gasteiger partial charge in [-0.15, -0.1) is 0 Å². The molecule has 0 bridgehead atoms. The number of nitrogens with zero attached hydrogens (tertiary/aromatic N) is 1. The standard InChI is InChI=1S/C13H17N3O/c1-2-3-11-4-6-12(7-5-11)16-13(14)8-9-15-10-17/h4-10H,2-3H2,1H3,(H2,14,16)(H,15,17)/b9-8-. The van der Waals surface area contributed by atoms with Crippen molar-refractivity contribution in [1.82, 2.24) is 5.32 Å². The molecular weight excluding hydrogens is 214 g/mol. The van der Waals surface area contributed by atoms with Gasteiger partial charge in [0.05, 0.1) is 5.69 Å². The highest BCUT2D eigenvalue weighted by atomic mass is 16.1. The summed E-state index contributed by atoms with van der Waals surface area (Å²) < 4.78 is 0. The Morgan fingerprint density at radius 2 is 2.12 bits per heavy atom. The molecule has 0 aliphatic carbocycles. The van der Waals surface area contributed by atoms with E-state index in [1.165, 1.54) is 17.8 Å². The van der Waals surface area contributed by atoms with Gasteiger partial charge in [0.2, 0.25) is 6.41 Å². The highest BCUT2D eigenvalue weighted by Crippen LogP contribution is 2.14. The molecule has 1 amide bonds. The Labute approximate surface area is 101 Å². The first kappa shape index (κ1) is 13.0. The van der Waals surface area contributed by atoms with Crippen molar-refractivity contribution in [3.63, 3.8) is 0 Å². The molecule has 0 saturated carbocycles. The molecule has 1 aromatic rings. The fourth-order valence-corrected chi connectivity index (χ4v) is 1.38. The van der Waals surface area contributed by atoms with Crippen LogP contribution in [0.5, 0.6) is 0 Å². The van der Waals surface area contributed by atoms with E-state index >= 15 is 0 Å². The number of nitrogens with two attached hydrogens (primary N) is 1. The number of aliphatic imine (C=N–C) groups is 1. The van der Waals surface area contributed by atoms with Crippen LogP contribution < -0.4 is 11.1 Å². The van der Waals surface area contributed by atoms with E-state index in [0.717, 1.165) is 18.5 Å². The summed E-state index contributed by atoms with van der Waals surface area (Å²) in [6.45, 7) is 2.15. The monoisotopic (exact) mass is 231 g/mol. The maximum Gasteiger partial charge on any atom is 0.211 e. The largest absolute Gasteiger partial charge is 0.384 e. The van der Waals surface area contributed by atoms with Crippen LogP contribution in [-0.2, 0) is 11.2 Å². The molecule has 4 heteroatoms. The first-order chi connectivity index (χ1) is 8.26. The SMILES string of the molecule is CCCc1ccc(N=C(N)/C=C\NC=O)cc1. The second-order valence-electron chi connectivity index (χ2n) is 3.57. The van der Waals surface area contributed by atoms with Crippen LogP contribution in [-0.4, -0.2) is 12.2 Å². The van der Waals surface area contributed by atoms with Gasteiger partial charge in [-0.05, 0) is 30.2 Å². The number of aryl methyl sites for hydroxylation is 1. The van der Waals surface area contributed by atoms with Gasteiger partial charge in [0, 0.05) is 6.20 Å². The van der Waals surface area contributed by atoms with E-state index in [1.54, 1.807) is 0 Å². The molecule has 0 aromatic heterocycles. The molecule has 3 N–H and O–H groups in total. The molecular formula is C13H17N3O. The van der Waals surface area contributed by atoms with E-state index < -0.39 is 0 Å². The van der Waals surface area contributed by atoms with Crippen molar-refractivity contribution in [3.05, 3.63) is 42.1 Å². The number of carbonyl (C=O) groups excluding carboxylic acids is 1. The number of amides is 1.